The molecule has 0 radical (unpaired) electrons. The Morgan fingerprint density at radius 1 is 1.10 bits per heavy atom. The molecule has 0 saturated carbocycles. The van der Waals surface area contributed by atoms with E-state index >= 15 is 0 Å². The zero-order valence-electron chi connectivity index (χ0n) is 17.3. The first-order chi connectivity index (χ1) is 14.8. The molecule has 0 spiro atoms. The summed E-state index contributed by atoms with van der Waals surface area (Å²) in [6, 6.07) is 12.3. The molecule has 3 aromatic rings. The minimum Gasteiger partial charge on any atom is -0.345 e. The predicted octanol–water partition coefficient (Wildman–Crippen LogP) is 4.16. The minimum atomic E-state index is -3.35. The van der Waals surface area contributed by atoms with Gasteiger partial charge in [0.05, 0.1) is 25.9 Å². The van der Waals surface area contributed by atoms with Gasteiger partial charge in [-0.25, -0.2) is 13.4 Å². The fraction of sp³-hybridized carbons (Fsp3) is 0.364. The van der Waals surface area contributed by atoms with Gasteiger partial charge in [-0.05, 0) is 37.1 Å². The lowest BCUT2D eigenvalue weighted by Gasteiger charge is -2.34. The Morgan fingerprint density at radius 2 is 1.81 bits per heavy atom. The van der Waals surface area contributed by atoms with Crippen molar-refractivity contribution in [1.29, 1.82) is 0 Å². The summed E-state index contributed by atoms with van der Waals surface area (Å²) in [4.78, 5) is 21.6. The van der Waals surface area contributed by atoms with Gasteiger partial charge in [0.15, 0.2) is 15.0 Å². The number of hydrogen-bond donors (Lipinski definition) is 0. The fourth-order valence-corrected chi connectivity index (χ4v) is 6.39. The van der Waals surface area contributed by atoms with E-state index in [1.165, 1.54) is 0 Å². The SMILES string of the molecule is Cc1ccc(Cl)c2sc(N3CCN(C(=O)CCCS(=O)(=O)c4ccccc4)CC3)nc12. The molecule has 1 fully saturated rings. The van der Waals surface area contributed by atoms with Crippen LogP contribution < -0.4 is 4.90 Å². The van der Waals surface area contributed by atoms with Gasteiger partial charge in [-0.3, -0.25) is 4.79 Å². The van der Waals surface area contributed by atoms with E-state index in [2.05, 4.69) is 4.90 Å². The van der Waals surface area contributed by atoms with Crippen LogP contribution in [0.2, 0.25) is 5.02 Å². The number of rotatable bonds is 6. The van der Waals surface area contributed by atoms with Crippen molar-refractivity contribution in [3.63, 3.8) is 0 Å². The molecule has 2 aromatic carbocycles. The third-order valence-electron chi connectivity index (χ3n) is 5.49. The third-order valence-corrected chi connectivity index (χ3v) is 8.89. The van der Waals surface area contributed by atoms with Crippen molar-refractivity contribution >= 4 is 54.0 Å². The van der Waals surface area contributed by atoms with Crippen molar-refractivity contribution in [1.82, 2.24) is 9.88 Å². The quantitative estimate of drug-likeness (QED) is 0.533. The number of fused-ring (bicyclic) bond motifs is 1. The highest BCUT2D eigenvalue weighted by Gasteiger charge is 2.24. The van der Waals surface area contributed by atoms with Crippen LogP contribution in [0.25, 0.3) is 10.2 Å². The Kier molecular flexibility index (Phi) is 6.50. The van der Waals surface area contributed by atoms with Crippen LogP contribution in [-0.2, 0) is 14.6 Å². The van der Waals surface area contributed by atoms with Crippen molar-refractivity contribution in [3.8, 4) is 0 Å². The molecule has 0 unspecified atom stereocenters. The Hall–Kier alpha value is -2.16. The van der Waals surface area contributed by atoms with Crippen LogP contribution >= 0.6 is 22.9 Å². The van der Waals surface area contributed by atoms with Crippen LogP contribution in [0.15, 0.2) is 47.4 Å². The van der Waals surface area contributed by atoms with Crippen molar-refractivity contribution in [2.75, 3.05) is 36.8 Å². The summed E-state index contributed by atoms with van der Waals surface area (Å²) < 4.78 is 25.7. The van der Waals surface area contributed by atoms with E-state index in [4.69, 9.17) is 16.6 Å². The van der Waals surface area contributed by atoms with E-state index in [0.717, 1.165) is 20.9 Å². The number of carbonyl (C=O) groups is 1. The van der Waals surface area contributed by atoms with E-state index in [1.807, 2.05) is 24.0 Å². The lowest BCUT2D eigenvalue weighted by Crippen LogP contribution is -2.48. The number of aromatic nitrogens is 1. The number of amides is 1. The van der Waals surface area contributed by atoms with Crippen LogP contribution in [0.3, 0.4) is 0 Å². The van der Waals surface area contributed by atoms with Crippen molar-refractivity contribution in [2.24, 2.45) is 0 Å². The van der Waals surface area contributed by atoms with Crippen LogP contribution in [0.4, 0.5) is 5.13 Å². The van der Waals surface area contributed by atoms with E-state index < -0.39 is 9.84 Å². The zero-order valence-corrected chi connectivity index (χ0v) is 19.6. The molecule has 31 heavy (non-hydrogen) atoms. The van der Waals surface area contributed by atoms with E-state index in [1.54, 1.807) is 41.7 Å². The van der Waals surface area contributed by atoms with Gasteiger partial charge in [-0.1, -0.05) is 47.2 Å². The number of nitrogens with zero attached hydrogens (tertiary/aromatic N) is 3. The molecule has 1 saturated heterocycles. The largest absolute Gasteiger partial charge is 0.345 e. The summed E-state index contributed by atoms with van der Waals surface area (Å²) in [5, 5.41) is 1.64. The second-order valence-electron chi connectivity index (χ2n) is 7.64. The number of thiazole rings is 1. The monoisotopic (exact) mass is 477 g/mol. The topological polar surface area (TPSA) is 70.6 Å². The predicted molar refractivity (Wildman–Crippen MR) is 126 cm³/mol. The van der Waals surface area contributed by atoms with Gasteiger partial charge in [-0.15, -0.1) is 0 Å². The van der Waals surface area contributed by atoms with Crippen LogP contribution in [0, 0.1) is 6.92 Å². The number of benzene rings is 2. The van der Waals surface area contributed by atoms with Gasteiger partial charge in [0.25, 0.3) is 0 Å². The Bertz CT molecular complexity index is 1150. The molecule has 6 nitrogen and oxygen atoms in total. The molecule has 0 N–H and O–H groups in total. The summed E-state index contributed by atoms with van der Waals surface area (Å²) in [6.07, 6.45) is 0.563. The highest BCUT2D eigenvalue weighted by molar-refractivity contribution is 7.91. The maximum Gasteiger partial charge on any atom is 0.222 e. The maximum atomic E-state index is 12.6. The van der Waals surface area contributed by atoms with Crippen molar-refractivity contribution in [2.45, 2.75) is 24.7 Å². The highest BCUT2D eigenvalue weighted by atomic mass is 35.5. The molecular formula is C22H24ClN3O3S2. The smallest absolute Gasteiger partial charge is 0.222 e. The lowest BCUT2D eigenvalue weighted by atomic mass is 10.2. The molecule has 4 rings (SSSR count). The molecule has 2 heterocycles. The molecular weight excluding hydrogens is 454 g/mol. The Labute approximate surface area is 191 Å². The molecule has 1 aliphatic rings. The van der Waals surface area contributed by atoms with Gasteiger partial charge < -0.3 is 9.80 Å². The molecule has 1 amide bonds. The fourth-order valence-electron chi connectivity index (χ4n) is 3.69. The zero-order chi connectivity index (χ0) is 22.0. The number of aryl methyl sites for hydroxylation is 1. The number of carbonyl (C=O) groups excluding carboxylic acids is 1. The minimum absolute atomic E-state index is 0.00565. The van der Waals surface area contributed by atoms with Crippen LogP contribution in [0.5, 0.6) is 0 Å². The summed E-state index contributed by atoms with van der Waals surface area (Å²) in [5.41, 5.74) is 2.03. The van der Waals surface area contributed by atoms with Gasteiger partial charge in [0.2, 0.25) is 5.91 Å². The van der Waals surface area contributed by atoms with Crippen LogP contribution in [-0.4, -0.2) is 56.1 Å². The second-order valence-corrected chi connectivity index (χ2v) is 11.1. The average molecular weight is 478 g/mol. The molecule has 1 aliphatic heterocycles. The maximum absolute atomic E-state index is 12.6. The molecule has 0 atom stereocenters. The van der Waals surface area contributed by atoms with Crippen LogP contribution in [0.1, 0.15) is 18.4 Å². The van der Waals surface area contributed by atoms with E-state index in [-0.39, 0.29) is 18.1 Å². The number of halogens is 1. The van der Waals surface area contributed by atoms with Crippen molar-refractivity contribution < 1.29 is 13.2 Å². The van der Waals surface area contributed by atoms with E-state index in [9.17, 15) is 13.2 Å². The number of piperazine rings is 1. The Morgan fingerprint density at radius 3 is 2.48 bits per heavy atom. The van der Waals surface area contributed by atoms with Crippen molar-refractivity contribution in [3.05, 3.63) is 53.1 Å². The highest BCUT2D eigenvalue weighted by Crippen LogP contribution is 2.35. The number of anilines is 1. The molecule has 164 valence electrons. The third kappa shape index (κ3) is 4.86. The lowest BCUT2D eigenvalue weighted by molar-refractivity contribution is -0.131. The molecule has 1 aromatic heterocycles. The average Bonchev–Trinajstić information content (AvgIpc) is 3.24. The van der Waals surface area contributed by atoms with Gasteiger partial charge in [0.1, 0.15) is 0 Å². The molecule has 0 aliphatic carbocycles. The summed E-state index contributed by atoms with van der Waals surface area (Å²) in [5.74, 6) is -0.0137. The summed E-state index contributed by atoms with van der Waals surface area (Å²) in [6.45, 7) is 4.63. The first-order valence-corrected chi connectivity index (χ1v) is 13.1. The van der Waals surface area contributed by atoms with E-state index in [0.29, 0.717) is 42.5 Å². The second kappa shape index (κ2) is 9.14. The molecule has 9 heteroatoms. The normalized spacial score (nSPS) is 14.9. The van der Waals surface area contributed by atoms with Gasteiger partial charge >= 0.3 is 0 Å². The van der Waals surface area contributed by atoms with Gasteiger partial charge in [0, 0.05) is 32.6 Å². The summed E-state index contributed by atoms with van der Waals surface area (Å²) >= 11 is 7.90. The number of hydrogen-bond acceptors (Lipinski definition) is 6. The Balaban J connectivity index is 1.30. The number of sulfone groups is 1. The first kappa shape index (κ1) is 22.0. The first-order valence-electron chi connectivity index (χ1n) is 10.2. The standard InChI is InChI=1S/C22H24ClN3O3S2/c1-16-9-10-18(23)21-20(16)24-22(30-21)26-13-11-25(12-14-26)19(27)8-5-15-31(28,29)17-6-3-2-4-7-17/h2-4,6-7,9-10H,5,8,11-15H2,1H3. The summed E-state index contributed by atoms with van der Waals surface area (Å²) in [7, 11) is -3.35. The molecule has 0 bridgehead atoms. The van der Waals surface area contributed by atoms with Gasteiger partial charge in [-0.2, -0.15) is 0 Å².